The molecule has 0 saturated carbocycles. The molecule has 0 atom stereocenters. The lowest BCUT2D eigenvalue weighted by atomic mass is 10.2. The molecule has 1 aromatic rings. The average Bonchev–Trinajstić information content (AvgIpc) is 2.48. The zero-order valence-corrected chi connectivity index (χ0v) is 13.8. The molecule has 0 fully saturated rings. The molecule has 0 saturated heterocycles. The van der Waals surface area contributed by atoms with E-state index in [0.29, 0.717) is 18.8 Å². The van der Waals surface area contributed by atoms with E-state index >= 15 is 0 Å². The predicted molar refractivity (Wildman–Crippen MR) is 85.0 cm³/mol. The molecular formula is C16H25O4P. The van der Waals surface area contributed by atoms with Crippen LogP contribution in [0.4, 0.5) is 0 Å². The largest absolute Gasteiger partial charge is 0.338 e. The third kappa shape index (κ3) is 7.03. The van der Waals surface area contributed by atoms with Crippen LogP contribution in [0.25, 0.3) is 0 Å². The molecule has 0 aliphatic carbocycles. The van der Waals surface area contributed by atoms with Gasteiger partial charge in [-0.15, -0.1) is 0 Å². The summed E-state index contributed by atoms with van der Waals surface area (Å²) in [6, 6.07) is 8.84. The summed E-state index contributed by atoms with van der Waals surface area (Å²) in [5, 5.41) is 0. The highest BCUT2D eigenvalue weighted by Crippen LogP contribution is 2.48. The fraction of sp³-hybridized carbons (Fsp3) is 0.562. The van der Waals surface area contributed by atoms with Crippen molar-refractivity contribution in [3.63, 3.8) is 0 Å². The van der Waals surface area contributed by atoms with Crippen LogP contribution in [0.3, 0.4) is 0 Å². The SMILES string of the molecule is CCCCOP(=O)(CC(=O)c1ccccc1)OCCCC. The van der Waals surface area contributed by atoms with E-state index in [4.69, 9.17) is 9.05 Å². The number of hydrogen-bond acceptors (Lipinski definition) is 4. The molecule has 4 nitrogen and oxygen atoms in total. The number of rotatable bonds is 11. The van der Waals surface area contributed by atoms with E-state index in [1.807, 2.05) is 19.9 Å². The summed E-state index contributed by atoms with van der Waals surface area (Å²) in [7, 11) is -3.35. The highest BCUT2D eigenvalue weighted by atomic mass is 31.2. The minimum absolute atomic E-state index is 0.190. The van der Waals surface area contributed by atoms with Gasteiger partial charge in [0.15, 0.2) is 5.78 Å². The van der Waals surface area contributed by atoms with E-state index in [9.17, 15) is 9.36 Å². The predicted octanol–water partition coefficient (Wildman–Crippen LogP) is 4.70. The van der Waals surface area contributed by atoms with Gasteiger partial charge in [0.2, 0.25) is 0 Å². The summed E-state index contributed by atoms with van der Waals surface area (Å²) < 4.78 is 23.5. The first-order chi connectivity index (χ1) is 10.1. The van der Waals surface area contributed by atoms with Crippen LogP contribution in [0.5, 0.6) is 0 Å². The highest BCUT2D eigenvalue weighted by molar-refractivity contribution is 7.54. The van der Waals surface area contributed by atoms with Crippen LogP contribution < -0.4 is 0 Å². The molecule has 0 aromatic heterocycles. The third-order valence-corrected chi connectivity index (χ3v) is 4.83. The second-order valence-corrected chi connectivity index (χ2v) is 6.99. The van der Waals surface area contributed by atoms with Gasteiger partial charge in [-0.25, -0.2) is 0 Å². The summed E-state index contributed by atoms with van der Waals surface area (Å²) in [4.78, 5) is 12.2. The molecule has 0 spiro atoms. The quantitative estimate of drug-likeness (QED) is 0.338. The standard InChI is InChI=1S/C16H25O4P/c1-3-5-12-19-21(18,20-13-6-4-2)14-16(17)15-10-8-7-9-11-15/h7-11H,3-6,12-14H2,1-2H3. The summed E-state index contributed by atoms with van der Waals surface area (Å²) in [5.41, 5.74) is 0.538. The average molecular weight is 312 g/mol. The maximum atomic E-state index is 12.7. The van der Waals surface area contributed by atoms with Crippen molar-refractivity contribution in [2.75, 3.05) is 19.4 Å². The first kappa shape index (κ1) is 18.1. The number of Topliss-reactive ketones (excluding diaryl/α,β-unsaturated/α-hetero) is 1. The Morgan fingerprint density at radius 3 is 2.00 bits per heavy atom. The van der Waals surface area contributed by atoms with Crippen molar-refractivity contribution in [1.29, 1.82) is 0 Å². The fourth-order valence-corrected chi connectivity index (χ4v) is 3.32. The van der Waals surface area contributed by atoms with E-state index in [0.717, 1.165) is 25.7 Å². The molecular weight excluding hydrogens is 287 g/mol. The smallest absolute Gasteiger partial charge is 0.308 e. The fourth-order valence-electron chi connectivity index (χ4n) is 1.72. The van der Waals surface area contributed by atoms with Gasteiger partial charge in [0.1, 0.15) is 6.16 Å². The number of benzene rings is 1. The maximum Gasteiger partial charge on any atom is 0.338 e. The zero-order valence-electron chi connectivity index (χ0n) is 12.9. The minimum atomic E-state index is -3.35. The Balaban J connectivity index is 2.66. The lowest BCUT2D eigenvalue weighted by Crippen LogP contribution is -2.11. The molecule has 0 aliphatic rings. The second kappa shape index (κ2) is 9.88. The lowest BCUT2D eigenvalue weighted by Gasteiger charge is -2.18. The molecule has 1 aromatic carbocycles. The van der Waals surface area contributed by atoms with E-state index in [1.165, 1.54) is 0 Å². The van der Waals surface area contributed by atoms with Gasteiger partial charge in [-0.3, -0.25) is 9.36 Å². The van der Waals surface area contributed by atoms with Gasteiger partial charge in [0, 0.05) is 5.56 Å². The zero-order chi connectivity index (χ0) is 15.6. The van der Waals surface area contributed by atoms with Gasteiger partial charge in [-0.1, -0.05) is 57.0 Å². The normalized spacial score (nSPS) is 11.5. The van der Waals surface area contributed by atoms with Crippen molar-refractivity contribution in [2.45, 2.75) is 39.5 Å². The monoisotopic (exact) mass is 312 g/mol. The van der Waals surface area contributed by atoms with Crippen LogP contribution in [0.2, 0.25) is 0 Å². The number of unbranched alkanes of at least 4 members (excludes halogenated alkanes) is 2. The molecule has 0 N–H and O–H groups in total. The van der Waals surface area contributed by atoms with Crippen molar-refractivity contribution < 1.29 is 18.4 Å². The molecule has 118 valence electrons. The molecule has 0 heterocycles. The summed E-state index contributed by atoms with van der Waals surface area (Å²) >= 11 is 0. The Morgan fingerprint density at radius 1 is 1.00 bits per heavy atom. The van der Waals surface area contributed by atoms with Crippen LogP contribution in [0, 0.1) is 0 Å². The lowest BCUT2D eigenvalue weighted by molar-refractivity contribution is 0.100. The molecule has 0 aliphatic heterocycles. The van der Waals surface area contributed by atoms with E-state index < -0.39 is 7.60 Å². The summed E-state index contributed by atoms with van der Waals surface area (Å²) in [5.74, 6) is -0.202. The molecule has 0 bridgehead atoms. The number of ketones is 1. The van der Waals surface area contributed by atoms with Crippen molar-refractivity contribution in [3.8, 4) is 0 Å². The van der Waals surface area contributed by atoms with Crippen molar-refractivity contribution in [3.05, 3.63) is 35.9 Å². The van der Waals surface area contributed by atoms with Crippen LogP contribution in [0.1, 0.15) is 49.9 Å². The van der Waals surface area contributed by atoms with Crippen LogP contribution in [0.15, 0.2) is 30.3 Å². The Kier molecular flexibility index (Phi) is 8.51. The molecule has 5 heteroatoms. The maximum absolute atomic E-state index is 12.7. The number of carbonyl (C=O) groups is 1. The number of carbonyl (C=O) groups excluding carboxylic acids is 1. The second-order valence-electron chi connectivity index (χ2n) is 4.93. The van der Waals surface area contributed by atoms with Gasteiger partial charge < -0.3 is 9.05 Å². The van der Waals surface area contributed by atoms with E-state index in [2.05, 4.69) is 0 Å². The Morgan fingerprint density at radius 2 is 1.52 bits per heavy atom. The van der Waals surface area contributed by atoms with Gasteiger partial charge >= 0.3 is 7.60 Å². The van der Waals surface area contributed by atoms with Crippen molar-refractivity contribution in [2.24, 2.45) is 0 Å². The molecule has 21 heavy (non-hydrogen) atoms. The Bertz CT molecular complexity index is 445. The third-order valence-electron chi connectivity index (χ3n) is 3.00. The summed E-state index contributed by atoms with van der Waals surface area (Å²) in [6.45, 7) is 4.78. The van der Waals surface area contributed by atoms with Crippen LogP contribution in [-0.2, 0) is 13.6 Å². The minimum Gasteiger partial charge on any atom is -0.308 e. The Hall–Kier alpha value is -0.960. The van der Waals surface area contributed by atoms with Gasteiger partial charge in [-0.05, 0) is 12.8 Å². The van der Waals surface area contributed by atoms with Gasteiger partial charge in [0.05, 0.1) is 13.2 Å². The highest BCUT2D eigenvalue weighted by Gasteiger charge is 2.28. The van der Waals surface area contributed by atoms with Crippen LogP contribution >= 0.6 is 7.60 Å². The number of hydrogen-bond donors (Lipinski definition) is 0. The van der Waals surface area contributed by atoms with Gasteiger partial charge in [-0.2, -0.15) is 0 Å². The van der Waals surface area contributed by atoms with Crippen molar-refractivity contribution in [1.82, 2.24) is 0 Å². The Labute approximate surface area is 127 Å². The van der Waals surface area contributed by atoms with E-state index in [-0.39, 0.29) is 11.9 Å². The topological polar surface area (TPSA) is 52.6 Å². The molecule has 0 unspecified atom stereocenters. The molecule has 0 amide bonds. The van der Waals surface area contributed by atoms with Crippen molar-refractivity contribution >= 4 is 13.4 Å². The summed E-state index contributed by atoms with van der Waals surface area (Å²) in [6.07, 6.45) is 3.31. The van der Waals surface area contributed by atoms with Gasteiger partial charge in [0.25, 0.3) is 0 Å². The first-order valence-corrected chi connectivity index (χ1v) is 9.30. The van der Waals surface area contributed by atoms with Crippen LogP contribution in [-0.4, -0.2) is 25.2 Å². The molecule has 0 radical (unpaired) electrons. The van der Waals surface area contributed by atoms with E-state index in [1.54, 1.807) is 24.3 Å². The molecule has 1 rings (SSSR count). The first-order valence-electron chi connectivity index (χ1n) is 7.57.